The Morgan fingerprint density at radius 2 is 0.659 bits per heavy atom. The molecule has 0 fully saturated rings. The zero-order chi connectivity index (χ0) is 59.8. The van der Waals surface area contributed by atoms with Crippen LogP contribution in [0.4, 0.5) is 0 Å². The Kier molecular flexibility index (Phi) is 59.2. The first-order valence-corrected chi connectivity index (χ1v) is 34.7. The van der Waals surface area contributed by atoms with Crippen LogP contribution in [0.1, 0.15) is 271 Å². The van der Waals surface area contributed by atoms with Gasteiger partial charge in [-0.2, -0.15) is 0 Å². The second-order valence-corrected chi connectivity index (χ2v) is 24.5. The van der Waals surface area contributed by atoms with Gasteiger partial charge in [0.1, 0.15) is 19.8 Å². The van der Waals surface area contributed by atoms with E-state index in [2.05, 4.69) is 135 Å². The average molecular weight is 1160 g/mol. The van der Waals surface area contributed by atoms with Gasteiger partial charge in [-0.25, -0.2) is 0 Å². The van der Waals surface area contributed by atoms with E-state index < -0.39 is 32.5 Å². The van der Waals surface area contributed by atoms with Gasteiger partial charge in [0, 0.05) is 12.8 Å². The van der Waals surface area contributed by atoms with Crippen LogP contribution >= 0.6 is 7.82 Å². The molecule has 2 atom stereocenters. The van der Waals surface area contributed by atoms with Crippen LogP contribution in [-0.2, 0) is 32.7 Å². The molecule has 0 saturated heterocycles. The molecule has 0 aliphatic heterocycles. The maximum atomic E-state index is 12.8. The van der Waals surface area contributed by atoms with Crippen molar-refractivity contribution in [3.05, 3.63) is 122 Å². The summed E-state index contributed by atoms with van der Waals surface area (Å²) in [6.07, 6.45) is 88.6. The number of rotatable bonds is 60. The number of carbonyl (C=O) groups excluding carboxylic acids is 2. The third kappa shape index (κ3) is 65.6. The topological polar surface area (TPSA) is 111 Å². The lowest BCUT2D eigenvalue weighted by Gasteiger charge is -2.28. The van der Waals surface area contributed by atoms with E-state index in [0.717, 1.165) is 103 Å². The summed E-state index contributed by atoms with van der Waals surface area (Å²) >= 11 is 0. The molecule has 0 spiro atoms. The Labute approximate surface area is 505 Å². The molecule has 0 radical (unpaired) electrons. The highest BCUT2D eigenvalue weighted by Gasteiger charge is 2.22. The van der Waals surface area contributed by atoms with E-state index in [1.165, 1.54) is 128 Å². The molecule has 0 saturated carbocycles. The Morgan fingerprint density at radius 1 is 0.378 bits per heavy atom. The van der Waals surface area contributed by atoms with Gasteiger partial charge in [0.2, 0.25) is 0 Å². The summed E-state index contributed by atoms with van der Waals surface area (Å²) in [5, 5.41) is 0. The summed E-state index contributed by atoms with van der Waals surface area (Å²) in [6, 6.07) is 0. The largest absolute Gasteiger partial charge is 0.756 e. The number of hydrogen-bond donors (Lipinski definition) is 0. The molecule has 0 aromatic carbocycles. The van der Waals surface area contributed by atoms with Crippen LogP contribution in [-0.4, -0.2) is 70.0 Å². The SMILES string of the molecule is CC/C=C\C/C=C\C/C=C\C/C=C\C/C=C\CCCCCCCCCCCCCCCCCCCCCCCCCC(=O)OC(COC(=O)CCCCC/C=C\C/C=C\C/C=C\C/C=C\C/C=C\CC)COP(=O)([O-])OCC[N+](C)(C)C. The van der Waals surface area contributed by atoms with Crippen molar-refractivity contribution < 1.29 is 42.1 Å². The number of phosphoric acid groups is 1. The quantitative estimate of drug-likeness (QED) is 0.0195. The Hall–Kier alpha value is -3.59. The Balaban J connectivity index is 4.00. The van der Waals surface area contributed by atoms with Gasteiger partial charge in [-0.3, -0.25) is 14.2 Å². The molecule has 0 amide bonds. The fourth-order valence-corrected chi connectivity index (χ4v) is 9.68. The summed E-state index contributed by atoms with van der Waals surface area (Å²) in [6.45, 7) is 3.98. The Bertz CT molecular complexity index is 1800. The minimum Gasteiger partial charge on any atom is -0.756 e. The second kappa shape index (κ2) is 62.0. The standard InChI is InChI=1S/C72H124NO8P/c1-6-8-10-12-14-16-18-20-22-24-26-27-28-29-30-31-32-33-34-35-36-37-38-39-40-41-42-43-44-45-47-49-51-53-55-57-59-61-63-65-72(75)81-70(69-80-82(76,77)79-67-66-73(3,4)5)68-78-71(74)64-62-60-58-56-54-52-50-48-46-25-23-21-19-17-15-13-11-9-7-2/h8-11,14-17,20-23,26-27,29-30,46,48,52,54,70H,6-7,12-13,18-19,24-25,28,31-45,47,49-51,53,55-69H2,1-5H3/b10-8-,11-9-,16-14-,17-15-,22-20-,23-21-,27-26-,30-29-,48-46-,54-52-. The molecule has 0 rings (SSSR count). The van der Waals surface area contributed by atoms with E-state index in [4.69, 9.17) is 18.5 Å². The lowest BCUT2D eigenvalue weighted by Crippen LogP contribution is -2.37. The number of esters is 2. The van der Waals surface area contributed by atoms with Crippen LogP contribution in [0.15, 0.2) is 122 Å². The summed E-state index contributed by atoms with van der Waals surface area (Å²) in [5.74, 6) is -0.869. The van der Waals surface area contributed by atoms with E-state index in [1.807, 2.05) is 21.1 Å². The van der Waals surface area contributed by atoms with E-state index in [-0.39, 0.29) is 26.1 Å². The first-order valence-electron chi connectivity index (χ1n) is 33.2. The zero-order valence-corrected chi connectivity index (χ0v) is 54.3. The average Bonchev–Trinajstić information content (AvgIpc) is 3.46. The molecule has 0 aliphatic carbocycles. The van der Waals surface area contributed by atoms with E-state index in [1.54, 1.807) is 0 Å². The van der Waals surface area contributed by atoms with Crippen molar-refractivity contribution in [2.75, 3.05) is 47.5 Å². The second-order valence-electron chi connectivity index (χ2n) is 23.1. The molecule has 0 heterocycles. The number of likely N-dealkylation sites (N-methyl/N-ethyl adjacent to an activating group) is 1. The zero-order valence-electron chi connectivity index (χ0n) is 53.4. The monoisotopic (exact) mass is 1160 g/mol. The minimum atomic E-state index is -4.65. The smallest absolute Gasteiger partial charge is 0.306 e. The predicted molar refractivity (Wildman–Crippen MR) is 351 cm³/mol. The van der Waals surface area contributed by atoms with Crippen LogP contribution in [0.25, 0.3) is 0 Å². The normalized spacial score (nSPS) is 14.0. The summed E-state index contributed by atoms with van der Waals surface area (Å²) in [5.41, 5.74) is 0. The van der Waals surface area contributed by atoms with E-state index in [0.29, 0.717) is 23.9 Å². The number of hydrogen-bond acceptors (Lipinski definition) is 8. The van der Waals surface area contributed by atoms with Crippen molar-refractivity contribution in [3.63, 3.8) is 0 Å². The molecule has 2 unspecified atom stereocenters. The minimum absolute atomic E-state index is 0.0403. The first kappa shape index (κ1) is 78.4. The summed E-state index contributed by atoms with van der Waals surface area (Å²) < 4.78 is 34.2. The molecule has 0 aromatic heterocycles. The molecule has 10 heteroatoms. The lowest BCUT2D eigenvalue weighted by molar-refractivity contribution is -0.870. The van der Waals surface area contributed by atoms with E-state index >= 15 is 0 Å². The third-order valence-electron chi connectivity index (χ3n) is 14.0. The van der Waals surface area contributed by atoms with Crippen LogP contribution in [0.3, 0.4) is 0 Å². The number of ether oxygens (including phenoxy) is 2. The highest BCUT2D eigenvalue weighted by Crippen LogP contribution is 2.38. The van der Waals surface area contributed by atoms with Gasteiger partial charge in [-0.05, 0) is 103 Å². The maximum Gasteiger partial charge on any atom is 0.306 e. The summed E-state index contributed by atoms with van der Waals surface area (Å²) in [4.78, 5) is 37.9. The number of unbranched alkanes of at least 4 members (excludes halogenated alkanes) is 26. The van der Waals surface area contributed by atoms with Gasteiger partial charge in [0.25, 0.3) is 7.82 Å². The molecular weight excluding hydrogens is 1040 g/mol. The number of allylic oxidation sites excluding steroid dienone is 20. The molecule has 470 valence electrons. The highest BCUT2D eigenvalue weighted by atomic mass is 31.2. The molecule has 9 nitrogen and oxygen atoms in total. The van der Waals surface area contributed by atoms with Gasteiger partial charge < -0.3 is 27.9 Å². The van der Waals surface area contributed by atoms with Crippen LogP contribution in [0.2, 0.25) is 0 Å². The predicted octanol–water partition coefficient (Wildman–Crippen LogP) is 20.9. The van der Waals surface area contributed by atoms with Crippen molar-refractivity contribution in [1.29, 1.82) is 0 Å². The van der Waals surface area contributed by atoms with Crippen LogP contribution in [0, 0.1) is 0 Å². The van der Waals surface area contributed by atoms with Crippen LogP contribution in [0.5, 0.6) is 0 Å². The highest BCUT2D eigenvalue weighted by molar-refractivity contribution is 7.45. The molecule has 0 aliphatic rings. The number of phosphoric ester groups is 1. The molecule has 0 aromatic rings. The molecule has 0 bridgehead atoms. The maximum absolute atomic E-state index is 12.8. The molecular formula is C72H124NO8P. The van der Waals surface area contributed by atoms with Crippen molar-refractivity contribution in [3.8, 4) is 0 Å². The fraction of sp³-hybridized carbons (Fsp3) is 0.694. The van der Waals surface area contributed by atoms with Gasteiger partial charge in [-0.1, -0.05) is 277 Å². The summed E-state index contributed by atoms with van der Waals surface area (Å²) in [7, 11) is 1.14. The number of quaternary nitrogens is 1. The Morgan fingerprint density at radius 3 is 0.988 bits per heavy atom. The molecule has 0 N–H and O–H groups in total. The van der Waals surface area contributed by atoms with Gasteiger partial charge in [-0.15, -0.1) is 0 Å². The van der Waals surface area contributed by atoms with Crippen molar-refractivity contribution >= 4 is 19.8 Å². The van der Waals surface area contributed by atoms with Gasteiger partial charge in [0.05, 0.1) is 27.7 Å². The first-order chi connectivity index (χ1) is 40.0. The van der Waals surface area contributed by atoms with Gasteiger partial charge in [0.15, 0.2) is 6.10 Å². The molecule has 82 heavy (non-hydrogen) atoms. The van der Waals surface area contributed by atoms with Crippen molar-refractivity contribution in [2.24, 2.45) is 0 Å². The number of carbonyl (C=O) groups is 2. The van der Waals surface area contributed by atoms with Crippen molar-refractivity contribution in [1.82, 2.24) is 0 Å². The van der Waals surface area contributed by atoms with Crippen molar-refractivity contribution in [2.45, 2.75) is 277 Å². The number of nitrogens with zero attached hydrogens (tertiary/aromatic N) is 1. The lowest BCUT2D eigenvalue weighted by atomic mass is 10.0. The third-order valence-corrected chi connectivity index (χ3v) is 14.9. The van der Waals surface area contributed by atoms with Crippen LogP contribution < -0.4 is 4.89 Å². The fourth-order valence-electron chi connectivity index (χ4n) is 8.95. The van der Waals surface area contributed by atoms with E-state index in [9.17, 15) is 19.0 Å². The van der Waals surface area contributed by atoms with Gasteiger partial charge >= 0.3 is 11.9 Å².